The van der Waals surface area contributed by atoms with Crippen LogP contribution in [0.15, 0.2) is 30.5 Å². The first-order valence-electron chi connectivity index (χ1n) is 6.50. The monoisotopic (exact) mass is 259 g/mol. The maximum absolute atomic E-state index is 9.71. The van der Waals surface area contributed by atoms with Gasteiger partial charge >= 0.3 is 0 Å². The van der Waals surface area contributed by atoms with Crippen LogP contribution in [-0.2, 0) is 4.74 Å². The molecule has 19 heavy (non-hydrogen) atoms. The Morgan fingerprint density at radius 3 is 2.84 bits per heavy atom. The third-order valence-corrected chi connectivity index (χ3v) is 3.71. The Hall–Kier alpha value is -1.72. The number of aliphatic hydroxyl groups excluding tert-OH is 1. The summed E-state index contributed by atoms with van der Waals surface area (Å²) in [6, 6.07) is 7.97. The van der Waals surface area contributed by atoms with Crippen LogP contribution >= 0.6 is 0 Å². The van der Waals surface area contributed by atoms with Crippen LogP contribution in [0.5, 0.6) is 0 Å². The van der Waals surface area contributed by atoms with Gasteiger partial charge in [-0.1, -0.05) is 24.3 Å². The van der Waals surface area contributed by atoms with E-state index in [9.17, 15) is 5.11 Å². The van der Waals surface area contributed by atoms with Gasteiger partial charge in [0.15, 0.2) is 5.82 Å². The molecule has 5 nitrogen and oxygen atoms in total. The summed E-state index contributed by atoms with van der Waals surface area (Å²) < 4.78 is 5.36. The van der Waals surface area contributed by atoms with E-state index in [0.717, 1.165) is 29.4 Å². The Morgan fingerprint density at radius 1 is 1.26 bits per heavy atom. The Balaban J connectivity index is 1.96. The van der Waals surface area contributed by atoms with Crippen LogP contribution in [0.1, 0.15) is 12.8 Å². The molecule has 1 fully saturated rings. The van der Waals surface area contributed by atoms with Gasteiger partial charge in [0, 0.05) is 24.0 Å². The van der Waals surface area contributed by atoms with Gasteiger partial charge in [-0.2, -0.15) is 5.10 Å². The number of hydrogen-bond acceptors (Lipinski definition) is 5. The van der Waals surface area contributed by atoms with Crippen molar-refractivity contribution in [3.8, 4) is 0 Å². The summed E-state index contributed by atoms with van der Waals surface area (Å²) in [5, 5.41) is 23.4. The second-order valence-electron chi connectivity index (χ2n) is 4.96. The molecule has 0 spiro atoms. The molecule has 0 bridgehead atoms. The van der Waals surface area contributed by atoms with Gasteiger partial charge in [0.2, 0.25) is 0 Å². The predicted octanol–water partition coefficient (Wildman–Crippen LogP) is 1.58. The first-order valence-corrected chi connectivity index (χ1v) is 6.50. The Kier molecular flexibility index (Phi) is 3.31. The Bertz CT molecular complexity index is 562. The number of ether oxygens (including phenoxy) is 1. The minimum atomic E-state index is -0.350. The molecule has 2 heterocycles. The normalized spacial score (nSPS) is 18.4. The van der Waals surface area contributed by atoms with Gasteiger partial charge in [0.05, 0.1) is 18.3 Å². The fraction of sp³-hybridized carbons (Fsp3) is 0.429. The molecule has 1 aromatic heterocycles. The van der Waals surface area contributed by atoms with Gasteiger partial charge < -0.3 is 15.2 Å². The SMILES string of the molecule is OCC1(Nc2nncc3ccccc23)CCOCC1. The van der Waals surface area contributed by atoms with Crippen molar-refractivity contribution >= 4 is 16.6 Å². The van der Waals surface area contributed by atoms with Gasteiger partial charge in [0.1, 0.15) is 0 Å². The van der Waals surface area contributed by atoms with E-state index in [-0.39, 0.29) is 12.1 Å². The minimum absolute atomic E-state index is 0.0707. The van der Waals surface area contributed by atoms with Crippen molar-refractivity contribution in [1.29, 1.82) is 0 Å². The summed E-state index contributed by atoms with van der Waals surface area (Å²) in [6.07, 6.45) is 3.29. The van der Waals surface area contributed by atoms with Crippen molar-refractivity contribution in [2.24, 2.45) is 0 Å². The van der Waals surface area contributed by atoms with Gasteiger partial charge in [-0.05, 0) is 12.8 Å². The standard InChI is InChI=1S/C14H17N3O2/c18-10-14(5-7-19-8-6-14)16-13-12-4-2-1-3-11(12)9-15-17-13/h1-4,9,18H,5-8,10H2,(H,16,17). The number of rotatable bonds is 3. The molecule has 0 saturated carbocycles. The highest BCUT2D eigenvalue weighted by atomic mass is 16.5. The lowest BCUT2D eigenvalue weighted by Crippen LogP contribution is -2.47. The van der Waals surface area contributed by atoms with E-state index in [2.05, 4.69) is 15.5 Å². The van der Waals surface area contributed by atoms with Crippen molar-refractivity contribution in [3.05, 3.63) is 30.5 Å². The van der Waals surface area contributed by atoms with Crippen molar-refractivity contribution in [1.82, 2.24) is 10.2 Å². The van der Waals surface area contributed by atoms with E-state index in [0.29, 0.717) is 13.2 Å². The van der Waals surface area contributed by atoms with Crippen LogP contribution in [0.4, 0.5) is 5.82 Å². The van der Waals surface area contributed by atoms with Crippen LogP contribution in [0, 0.1) is 0 Å². The number of hydrogen-bond donors (Lipinski definition) is 2. The van der Waals surface area contributed by atoms with Crippen molar-refractivity contribution in [3.63, 3.8) is 0 Å². The number of anilines is 1. The number of nitrogens with one attached hydrogen (secondary N) is 1. The zero-order chi connectivity index (χ0) is 13.1. The number of aromatic nitrogens is 2. The average Bonchev–Trinajstić information content (AvgIpc) is 2.49. The molecule has 2 aromatic rings. The molecule has 0 unspecified atom stereocenters. The zero-order valence-electron chi connectivity index (χ0n) is 10.7. The summed E-state index contributed by atoms with van der Waals surface area (Å²) in [5.74, 6) is 0.731. The lowest BCUT2D eigenvalue weighted by Gasteiger charge is -2.36. The largest absolute Gasteiger partial charge is 0.394 e. The molecule has 1 aliphatic rings. The van der Waals surface area contributed by atoms with Crippen molar-refractivity contribution in [2.75, 3.05) is 25.1 Å². The van der Waals surface area contributed by atoms with E-state index in [1.807, 2.05) is 24.3 Å². The fourth-order valence-corrected chi connectivity index (χ4v) is 2.46. The second kappa shape index (κ2) is 5.11. The van der Waals surface area contributed by atoms with E-state index < -0.39 is 0 Å². The first-order chi connectivity index (χ1) is 9.33. The fourth-order valence-electron chi connectivity index (χ4n) is 2.46. The summed E-state index contributed by atoms with van der Waals surface area (Å²) in [4.78, 5) is 0. The minimum Gasteiger partial charge on any atom is -0.394 e. The molecule has 100 valence electrons. The van der Waals surface area contributed by atoms with E-state index in [1.165, 1.54) is 0 Å². The zero-order valence-corrected chi connectivity index (χ0v) is 10.7. The third kappa shape index (κ3) is 2.39. The molecule has 2 N–H and O–H groups in total. The number of nitrogens with zero attached hydrogens (tertiary/aromatic N) is 2. The summed E-state index contributed by atoms with van der Waals surface area (Å²) in [7, 11) is 0. The van der Waals surface area contributed by atoms with Crippen LogP contribution in [-0.4, -0.2) is 40.7 Å². The van der Waals surface area contributed by atoms with Crippen LogP contribution in [0.3, 0.4) is 0 Å². The molecule has 1 aliphatic heterocycles. The first kappa shape index (κ1) is 12.3. The molecule has 0 radical (unpaired) electrons. The second-order valence-corrected chi connectivity index (χ2v) is 4.96. The van der Waals surface area contributed by atoms with Gasteiger partial charge in [-0.25, -0.2) is 0 Å². The Labute approximate surface area is 111 Å². The molecular formula is C14H17N3O2. The Morgan fingerprint density at radius 2 is 2.05 bits per heavy atom. The molecule has 1 saturated heterocycles. The molecule has 0 amide bonds. The third-order valence-electron chi connectivity index (χ3n) is 3.71. The average molecular weight is 259 g/mol. The van der Waals surface area contributed by atoms with E-state index >= 15 is 0 Å². The highest BCUT2D eigenvalue weighted by molar-refractivity contribution is 5.91. The molecular weight excluding hydrogens is 242 g/mol. The summed E-state index contributed by atoms with van der Waals surface area (Å²) in [6.45, 7) is 1.39. The van der Waals surface area contributed by atoms with Crippen LogP contribution < -0.4 is 5.32 Å². The van der Waals surface area contributed by atoms with Crippen molar-refractivity contribution < 1.29 is 9.84 Å². The smallest absolute Gasteiger partial charge is 0.157 e. The van der Waals surface area contributed by atoms with Gasteiger partial charge in [0.25, 0.3) is 0 Å². The molecule has 5 heteroatoms. The highest BCUT2D eigenvalue weighted by Crippen LogP contribution is 2.28. The molecule has 3 rings (SSSR count). The van der Waals surface area contributed by atoms with Crippen molar-refractivity contribution in [2.45, 2.75) is 18.4 Å². The quantitative estimate of drug-likeness (QED) is 0.876. The summed E-state index contributed by atoms with van der Waals surface area (Å²) >= 11 is 0. The van der Waals surface area contributed by atoms with Crippen LogP contribution in [0.25, 0.3) is 10.8 Å². The summed E-state index contributed by atoms with van der Waals surface area (Å²) in [5.41, 5.74) is -0.350. The lowest BCUT2D eigenvalue weighted by atomic mass is 9.91. The van der Waals surface area contributed by atoms with E-state index in [4.69, 9.17) is 4.74 Å². The predicted molar refractivity (Wildman–Crippen MR) is 73.0 cm³/mol. The van der Waals surface area contributed by atoms with Gasteiger partial charge in [-0.3, -0.25) is 0 Å². The lowest BCUT2D eigenvalue weighted by molar-refractivity contribution is 0.0379. The number of aliphatic hydroxyl groups is 1. The number of benzene rings is 1. The molecule has 1 aromatic carbocycles. The van der Waals surface area contributed by atoms with Crippen LogP contribution in [0.2, 0.25) is 0 Å². The molecule has 0 aliphatic carbocycles. The number of fused-ring (bicyclic) bond motifs is 1. The maximum atomic E-state index is 9.71. The molecule has 0 atom stereocenters. The highest BCUT2D eigenvalue weighted by Gasteiger charge is 2.32. The van der Waals surface area contributed by atoms with E-state index in [1.54, 1.807) is 6.20 Å². The topological polar surface area (TPSA) is 67.3 Å². The van der Waals surface area contributed by atoms with Gasteiger partial charge in [-0.15, -0.1) is 5.10 Å². The maximum Gasteiger partial charge on any atom is 0.157 e.